The highest BCUT2D eigenvalue weighted by Gasteiger charge is 2.14. The fraction of sp³-hybridized carbons (Fsp3) is 0.812. The van der Waals surface area contributed by atoms with Crippen LogP contribution in [0, 0.1) is 4.91 Å². The lowest BCUT2D eigenvalue weighted by molar-refractivity contribution is -0.139. The van der Waals surface area contributed by atoms with Gasteiger partial charge in [-0.1, -0.05) is 52.4 Å². The van der Waals surface area contributed by atoms with Gasteiger partial charge in [0, 0.05) is 6.42 Å². The molecule has 5 heteroatoms. The zero-order valence-electron chi connectivity index (χ0n) is 13.7. The topological polar surface area (TPSA) is 65.0 Å². The maximum Gasteiger partial charge on any atom is 0.337 e. The minimum Gasteiger partial charge on any atom is -0.462 e. The van der Waals surface area contributed by atoms with Crippen molar-refractivity contribution in [3.05, 3.63) is 16.2 Å². The molecule has 122 valence electrons. The number of allylic oxidation sites excluding steroid dienone is 1. The molecule has 0 heterocycles. The number of ether oxygens (including phenoxy) is 1. The Morgan fingerprint density at radius 1 is 0.952 bits per heavy atom. The lowest BCUT2D eigenvalue weighted by atomic mass is 10.1. The first-order chi connectivity index (χ1) is 10.2. The molecular formula is C16H29NO4. The van der Waals surface area contributed by atoms with Gasteiger partial charge in [-0.2, -0.15) is 0 Å². The first-order valence-electron chi connectivity index (χ1n) is 8.03. The Balaban J connectivity index is 4.24. The number of carbonyl (C=O) groups is 1. The van der Waals surface area contributed by atoms with Crippen LogP contribution in [0.25, 0.3) is 0 Å². The Morgan fingerprint density at radius 3 is 2.19 bits per heavy atom. The van der Waals surface area contributed by atoms with Crippen molar-refractivity contribution in [1.82, 2.24) is 0 Å². The summed E-state index contributed by atoms with van der Waals surface area (Å²) in [4.78, 5) is 26.8. The van der Waals surface area contributed by atoms with E-state index >= 15 is 0 Å². The van der Waals surface area contributed by atoms with Crippen molar-refractivity contribution in [3.8, 4) is 0 Å². The van der Waals surface area contributed by atoms with Gasteiger partial charge in [0.25, 0.3) is 0 Å². The van der Waals surface area contributed by atoms with Crippen LogP contribution in [-0.4, -0.2) is 12.6 Å². The molecule has 0 spiro atoms. The second kappa shape index (κ2) is 13.6. The van der Waals surface area contributed by atoms with Crippen LogP contribution in [0.2, 0.25) is 0 Å². The summed E-state index contributed by atoms with van der Waals surface area (Å²) in [5.74, 6) is -0.0879. The van der Waals surface area contributed by atoms with Crippen molar-refractivity contribution in [2.45, 2.75) is 78.6 Å². The Kier molecular flexibility index (Phi) is 12.7. The highest BCUT2D eigenvalue weighted by molar-refractivity contribution is 5.88. The van der Waals surface area contributed by atoms with E-state index in [9.17, 15) is 9.70 Å². The third-order valence-corrected chi connectivity index (χ3v) is 3.36. The van der Waals surface area contributed by atoms with E-state index in [2.05, 4.69) is 12.3 Å². The van der Waals surface area contributed by atoms with Crippen LogP contribution in [0.15, 0.2) is 16.7 Å². The monoisotopic (exact) mass is 299 g/mol. The number of unbranched alkanes of at least 4 members (excludes halogenated alkanes) is 6. The lowest BCUT2D eigenvalue weighted by Crippen LogP contribution is -2.10. The quantitative estimate of drug-likeness (QED) is 0.119. The molecule has 0 amide bonds. The van der Waals surface area contributed by atoms with Gasteiger partial charge in [0.1, 0.15) is 5.76 Å². The molecule has 0 N–H and O–H groups in total. The first-order valence-corrected chi connectivity index (χ1v) is 8.03. The maximum absolute atomic E-state index is 11.8. The van der Waals surface area contributed by atoms with Gasteiger partial charge in [-0.05, 0) is 19.8 Å². The van der Waals surface area contributed by atoms with Crippen LogP contribution in [-0.2, 0) is 14.4 Å². The summed E-state index contributed by atoms with van der Waals surface area (Å²) in [6.07, 6.45) is 9.14. The van der Waals surface area contributed by atoms with Crippen LogP contribution in [0.3, 0.4) is 0 Å². The molecule has 5 nitrogen and oxygen atoms in total. The van der Waals surface area contributed by atoms with E-state index in [0.717, 1.165) is 32.1 Å². The number of carbonyl (C=O) groups excluding carboxylic acids is 1. The van der Waals surface area contributed by atoms with Crippen molar-refractivity contribution in [2.24, 2.45) is 5.34 Å². The maximum atomic E-state index is 11.8. The second-order valence-corrected chi connectivity index (χ2v) is 5.22. The molecule has 0 saturated heterocycles. The van der Waals surface area contributed by atoms with E-state index < -0.39 is 5.97 Å². The predicted octanol–water partition coefficient (Wildman–Crippen LogP) is 5.05. The largest absolute Gasteiger partial charge is 0.462 e. The molecule has 0 aliphatic carbocycles. The van der Waals surface area contributed by atoms with Gasteiger partial charge in [0.15, 0.2) is 5.34 Å². The van der Waals surface area contributed by atoms with Crippen LogP contribution >= 0.6 is 0 Å². The normalized spacial score (nSPS) is 11.8. The third kappa shape index (κ3) is 10.0. The van der Waals surface area contributed by atoms with Gasteiger partial charge in [-0.25, -0.2) is 4.79 Å². The number of esters is 1. The molecule has 0 aromatic rings. The molecule has 0 fully saturated rings. The smallest absolute Gasteiger partial charge is 0.337 e. The number of hydrogen-bond acceptors (Lipinski definition) is 5. The summed E-state index contributed by atoms with van der Waals surface area (Å²) in [6, 6.07) is 0. The molecule has 0 saturated carbocycles. The zero-order valence-corrected chi connectivity index (χ0v) is 13.7. The van der Waals surface area contributed by atoms with Crippen molar-refractivity contribution >= 4 is 5.97 Å². The average Bonchev–Trinajstić information content (AvgIpc) is 2.49. The fourth-order valence-corrected chi connectivity index (χ4v) is 1.94. The summed E-state index contributed by atoms with van der Waals surface area (Å²) in [5, 5.41) is 2.45. The van der Waals surface area contributed by atoms with Crippen molar-refractivity contribution in [1.29, 1.82) is 0 Å². The molecule has 0 aliphatic rings. The number of nitrogens with zero attached hydrogens (tertiary/aromatic N) is 1. The van der Waals surface area contributed by atoms with Gasteiger partial charge in [-0.15, -0.1) is 4.91 Å². The fourth-order valence-electron chi connectivity index (χ4n) is 1.94. The minimum absolute atomic E-state index is 0.335. The van der Waals surface area contributed by atoms with Crippen molar-refractivity contribution in [3.63, 3.8) is 0 Å². The standard InChI is InChI=1S/C16H29NO4/c1-4-6-8-9-10-11-12-15(21-17-19)14(3)16(18)20-13-7-5-2/h4-13H2,1-3H3. The van der Waals surface area contributed by atoms with Gasteiger partial charge < -0.3 is 9.57 Å². The van der Waals surface area contributed by atoms with E-state index in [0.29, 0.717) is 24.4 Å². The molecular weight excluding hydrogens is 270 g/mol. The van der Waals surface area contributed by atoms with Gasteiger partial charge in [0.05, 0.1) is 12.2 Å². The Morgan fingerprint density at radius 2 is 1.57 bits per heavy atom. The molecule has 0 atom stereocenters. The second-order valence-electron chi connectivity index (χ2n) is 5.22. The summed E-state index contributed by atoms with van der Waals surface area (Å²) in [5.41, 5.74) is 0.347. The highest BCUT2D eigenvalue weighted by atomic mass is 16.7. The summed E-state index contributed by atoms with van der Waals surface area (Å²) >= 11 is 0. The Labute approximate surface area is 128 Å². The van der Waals surface area contributed by atoms with Crippen LogP contribution in [0.4, 0.5) is 0 Å². The SMILES string of the molecule is CCCCCCCCC(ON=O)=C(C)C(=O)OCCCC. The third-order valence-electron chi connectivity index (χ3n) is 3.36. The van der Waals surface area contributed by atoms with Crippen molar-refractivity contribution in [2.75, 3.05) is 6.61 Å². The molecule has 0 rings (SSSR count). The molecule has 0 bridgehead atoms. The minimum atomic E-state index is -0.423. The van der Waals surface area contributed by atoms with Crippen molar-refractivity contribution < 1.29 is 14.4 Å². The summed E-state index contributed by atoms with van der Waals surface area (Å²) in [7, 11) is 0. The zero-order chi connectivity index (χ0) is 15.9. The Bertz CT molecular complexity index is 326. The molecule has 0 aliphatic heterocycles. The van der Waals surface area contributed by atoms with Crippen LogP contribution in [0.5, 0.6) is 0 Å². The number of rotatable bonds is 13. The Hall–Kier alpha value is -1.39. The van der Waals surface area contributed by atoms with Gasteiger partial charge in [0.2, 0.25) is 0 Å². The van der Waals surface area contributed by atoms with E-state index in [1.165, 1.54) is 19.3 Å². The van der Waals surface area contributed by atoms with Gasteiger partial charge in [-0.3, -0.25) is 0 Å². The van der Waals surface area contributed by atoms with Gasteiger partial charge >= 0.3 is 5.97 Å². The average molecular weight is 299 g/mol. The molecule has 0 radical (unpaired) electrons. The van der Waals surface area contributed by atoms with Crippen LogP contribution < -0.4 is 0 Å². The summed E-state index contributed by atoms with van der Waals surface area (Å²) < 4.78 is 5.11. The predicted molar refractivity (Wildman–Crippen MR) is 83.4 cm³/mol. The molecule has 0 unspecified atom stereocenters. The molecule has 21 heavy (non-hydrogen) atoms. The highest BCUT2D eigenvalue weighted by Crippen LogP contribution is 2.17. The van der Waals surface area contributed by atoms with E-state index in [-0.39, 0.29) is 0 Å². The lowest BCUT2D eigenvalue weighted by Gasteiger charge is -2.08. The summed E-state index contributed by atoms with van der Waals surface area (Å²) in [6.45, 7) is 6.22. The number of hydrogen-bond donors (Lipinski definition) is 0. The van der Waals surface area contributed by atoms with E-state index in [1.54, 1.807) is 6.92 Å². The van der Waals surface area contributed by atoms with Crippen LogP contribution in [0.1, 0.15) is 78.6 Å². The van der Waals surface area contributed by atoms with E-state index in [4.69, 9.17) is 9.57 Å². The molecule has 0 aromatic carbocycles. The first kappa shape index (κ1) is 19.6. The van der Waals surface area contributed by atoms with E-state index in [1.807, 2.05) is 6.92 Å². The molecule has 0 aromatic heterocycles.